The number of morpholine rings is 1. The molecule has 23 heavy (non-hydrogen) atoms. The van der Waals surface area contributed by atoms with Gasteiger partial charge in [0.2, 0.25) is 0 Å². The highest BCUT2D eigenvalue weighted by Crippen LogP contribution is 2.22. The number of amides is 1. The van der Waals surface area contributed by atoms with Crippen LogP contribution in [-0.2, 0) is 11.2 Å². The Hall–Kier alpha value is -1.39. The molecule has 0 radical (unpaired) electrons. The number of fused-ring (bicyclic) bond motifs is 1. The molecule has 126 valence electrons. The number of rotatable bonds is 6. The van der Waals surface area contributed by atoms with Gasteiger partial charge in [0, 0.05) is 24.7 Å². The van der Waals surface area contributed by atoms with Crippen LogP contribution in [0.2, 0.25) is 0 Å². The quantitative estimate of drug-likeness (QED) is 0.877. The van der Waals surface area contributed by atoms with Gasteiger partial charge in [-0.3, -0.25) is 9.69 Å². The van der Waals surface area contributed by atoms with Crippen molar-refractivity contribution < 1.29 is 9.53 Å². The molecule has 3 rings (SSSR count). The zero-order valence-electron chi connectivity index (χ0n) is 14.1. The van der Waals surface area contributed by atoms with Gasteiger partial charge in [-0.25, -0.2) is 0 Å². The number of carbonyl (C=O) groups excluding carboxylic acids is 1. The van der Waals surface area contributed by atoms with Crippen molar-refractivity contribution >= 4 is 5.91 Å². The summed E-state index contributed by atoms with van der Waals surface area (Å²) in [6.07, 6.45) is 6.13. The lowest BCUT2D eigenvalue weighted by atomic mass is 10.1. The number of aryl methyl sites for hydroxylation is 1. The second kappa shape index (κ2) is 7.93. The van der Waals surface area contributed by atoms with Crippen LogP contribution in [0.25, 0.3) is 0 Å². The lowest BCUT2D eigenvalue weighted by Crippen LogP contribution is -2.50. The summed E-state index contributed by atoms with van der Waals surface area (Å²) >= 11 is 0. The first-order chi connectivity index (χ1) is 11.3. The zero-order chi connectivity index (χ0) is 16.1. The van der Waals surface area contributed by atoms with E-state index in [1.807, 2.05) is 12.1 Å². The molecule has 2 aliphatic heterocycles. The predicted octanol–water partition coefficient (Wildman–Crippen LogP) is 2.62. The molecule has 2 saturated heterocycles. The average molecular weight is 316 g/mol. The number of benzene rings is 1. The maximum atomic E-state index is 12.3. The summed E-state index contributed by atoms with van der Waals surface area (Å²) in [7, 11) is 0. The molecule has 0 aromatic heterocycles. The predicted molar refractivity (Wildman–Crippen MR) is 91.7 cm³/mol. The number of carbonyl (C=O) groups is 1. The number of ether oxygens (including phenoxy) is 1. The molecule has 4 nitrogen and oxygen atoms in total. The molecule has 2 fully saturated rings. The Labute approximate surface area is 139 Å². The highest BCUT2D eigenvalue weighted by atomic mass is 16.5. The first-order valence-electron chi connectivity index (χ1n) is 8.99. The molecular formula is C19H28N2O2. The molecule has 0 saturated carbocycles. The van der Waals surface area contributed by atoms with Crippen molar-refractivity contribution in [2.24, 2.45) is 0 Å². The lowest BCUT2D eigenvalue weighted by Gasteiger charge is -2.35. The van der Waals surface area contributed by atoms with Crippen molar-refractivity contribution in [3.05, 3.63) is 35.4 Å². The summed E-state index contributed by atoms with van der Waals surface area (Å²) in [6, 6.07) is 8.60. The van der Waals surface area contributed by atoms with Gasteiger partial charge >= 0.3 is 0 Å². The fourth-order valence-corrected chi connectivity index (χ4v) is 3.52. The molecule has 2 atom stereocenters. The Morgan fingerprint density at radius 2 is 2.17 bits per heavy atom. The van der Waals surface area contributed by atoms with E-state index in [0.717, 1.165) is 25.1 Å². The van der Waals surface area contributed by atoms with Crippen molar-refractivity contribution in [1.29, 1.82) is 0 Å². The second-order valence-electron chi connectivity index (χ2n) is 6.76. The monoisotopic (exact) mass is 316 g/mol. The summed E-state index contributed by atoms with van der Waals surface area (Å²) in [5.74, 6) is -0.000753. The number of hydrogen-bond acceptors (Lipinski definition) is 3. The Morgan fingerprint density at radius 1 is 1.35 bits per heavy atom. The smallest absolute Gasteiger partial charge is 0.251 e. The fraction of sp³-hybridized carbons (Fsp3) is 0.632. The van der Waals surface area contributed by atoms with E-state index in [4.69, 9.17) is 4.74 Å². The molecule has 1 aromatic rings. The van der Waals surface area contributed by atoms with Crippen molar-refractivity contribution in [1.82, 2.24) is 10.2 Å². The molecule has 1 N–H and O–H groups in total. The standard InChI is InChI=1S/C19H28N2O2/c1-2-3-5-15-7-9-16(10-8-15)19(22)20-12-18-13-21-11-4-6-17(21)14-23-18/h7-10,17-18H,2-6,11-14H2,1H3,(H,20,22)/t17-,18+/m1/s1. The van der Waals surface area contributed by atoms with Crippen LogP contribution in [-0.4, -0.2) is 49.2 Å². The third-order valence-corrected chi connectivity index (χ3v) is 4.99. The van der Waals surface area contributed by atoms with Crippen LogP contribution in [0.5, 0.6) is 0 Å². The maximum Gasteiger partial charge on any atom is 0.251 e. The summed E-state index contributed by atoms with van der Waals surface area (Å²) in [5.41, 5.74) is 2.04. The van der Waals surface area contributed by atoms with Crippen LogP contribution in [0.1, 0.15) is 48.5 Å². The molecule has 2 aliphatic rings. The van der Waals surface area contributed by atoms with Gasteiger partial charge < -0.3 is 10.1 Å². The van der Waals surface area contributed by atoms with Gasteiger partial charge in [0.1, 0.15) is 0 Å². The van der Waals surface area contributed by atoms with Crippen LogP contribution >= 0.6 is 0 Å². The van der Waals surface area contributed by atoms with Crippen LogP contribution in [0, 0.1) is 0 Å². The third kappa shape index (κ3) is 4.33. The topological polar surface area (TPSA) is 41.6 Å². The van der Waals surface area contributed by atoms with E-state index < -0.39 is 0 Å². The normalized spacial score (nSPS) is 24.4. The minimum Gasteiger partial charge on any atom is -0.373 e. The van der Waals surface area contributed by atoms with Crippen molar-refractivity contribution in [3.63, 3.8) is 0 Å². The lowest BCUT2D eigenvalue weighted by molar-refractivity contribution is -0.0461. The molecule has 0 aliphatic carbocycles. The first-order valence-corrected chi connectivity index (χ1v) is 8.99. The van der Waals surface area contributed by atoms with Gasteiger partial charge in [-0.1, -0.05) is 25.5 Å². The Morgan fingerprint density at radius 3 is 2.96 bits per heavy atom. The van der Waals surface area contributed by atoms with Crippen LogP contribution in [0.3, 0.4) is 0 Å². The average Bonchev–Trinajstić information content (AvgIpc) is 3.06. The molecule has 0 spiro atoms. The zero-order valence-corrected chi connectivity index (χ0v) is 14.1. The Balaban J connectivity index is 1.45. The van der Waals surface area contributed by atoms with Crippen molar-refractivity contribution in [3.8, 4) is 0 Å². The molecule has 0 bridgehead atoms. The Bertz CT molecular complexity index is 515. The number of nitrogens with zero attached hydrogens (tertiary/aromatic N) is 1. The molecule has 2 heterocycles. The molecule has 4 heteroatoms. The molecule has 0 unspecified atom stereocenters. The van der Waals surface area contributed by atoms with Gasteiger partial charge in [-0.2, -0.15) is 0 Å². The summed E-state index contributed by atoms with van der Waals surface area (Å²) in [6.45, 7) is 5.73. The number of nitrogens with one attached hydrogen (secondary N) is 1. The van der Waals surface area contributed by atoms with Crippen LogP contribution in [0.15, 0.2) is 24.3 Å². The van der Waals surface area contributed by atoms with Crippen LogP contribution in [0.4, 0.5) is 0 Å². The molecular weight excluding hydrogens is 288 g/mol. The van der Waals surface area contributed by atoms with E-state index in [9.17, 15) is 4.79 Å². The van der Waals surface area contributed by atoms with Gasteiger partial charge in [0.15, 0.2) is 0 Å². The van der Waals surface area contributed by atoms with Gasteiger partial charge in [0.25, 0.3) is 5.91 Å². The van der Waals surface area contributed by atoms with Crippen molar-refractivity contribution in [2.75, 3.05) is 26.2 Å². The summed E-state index contributed by atoms with van der Waals surface area (Å²) in [5, 5.41) is 3.02. The highest BCUT2D eigenvalue weighted by molar-refractivity contribution is 5.94. The minimum atomic E-state index is -0.000753. The van der Waals surface area contributed by atoms with Crippen LogP contribution < -0.4 is 5.32 Å². The van der Waals surface area contributed by atoms with E-state index >= 15 is 0 Å². The SMILES string of the molecule is CCCCc1ccc(C(=O)NC[C@H]2CN3CCC[C@@H]3CO2)cc1. The summed E-state index contributed by atoms with van der Waals surface area (Å²) in [4.78, 5) is 14.8. The third-order valence-electron chi connectivity index (χ3n) is 4.99. The van der Waals surface area contributed by atoms with E-state index in [1.54, 1.807) is 0 Å². The second-order valence-corrected chi connectivity index (χ2v) is 6.76. The van der Waals surface area contributed by atoms with Gasteiger partial charge in [0.05, 0.1) is 12.7 Å². The molecule has 1 aromatic carbocycles. The van der Waals surface area contributed by atoms with E-state index in [2.05, 4.69) is 29.3 Å². The first kappa shape index (κ1) is 16.5. The maximum absolute atomic E-state index is 12.3. The summed E-state index contributed by atoms with van der Waals surface area (Å²) < 4.78 is 5.89. The fourth-order valence-electron chi connectivity index (χ4n) is 3.52. The van der Waals surface area contributed by atoms with E-state index in [-0.39, 0.29) is 12.0 Å². The number of hydrogen-bond donors (Lipinski definition) is 1. The highest BCUT2D eigenvalue weighted by Gasteiger charge is 2.32. The van der Waals surface area contributed by atoms with E-state index in [1.165, 1.54) is 37.8 Å². The Kier molecular flexibility index (Phi) is 5.68. The van der Waals surface area contributed by atoms with Crippen molar-refractivity contribution in [2.45, 2.75) is 51.2 Å². The largest absolute Gasteiger partial charge is 0.373 e. The minimum absolute atomic E-state index is 0.000753. The van der Waals surface area contributed by atoms with Gasteiger partial charge in [-0.15, -0.1) is 0 Å². The molecule has 1 amide bonds. The van der Waals surface area contributed by atoms with Gasteiger partial charge in [-0.05, 0) is 49.9 Å². The number of unbranched alkanes of at least 4 members (excludes halogenated alkanes) is 1. The van der Waals surface area contributed by atoms with E-state index in [0.29, 0.717) is 12.6 Å².